The lowest BCUT2D eigenvalue weighted by Crippen LogP contribution is -2.44. The Morgan fingerprint density at radius 1 is 1.08 bits per heavy atom. The Labute approximate surface area is 219 Å². The molecule has 0 radical (unpaired) electrons. The summed E-state index contributed by atoms with van der Waals surface area (Å²) in [6.07, 6.45) is 5.12. The Bertz CT molecular complexity index is 1390. The molecule has 4 heterocycles. The lowest BCUT2D eigenvalue weighted by molar-refractivity contribution is 0.311. The van der Waals surface area contributed by atoms with E-state index in [0.717, 1.165) is 49.8 Å². The predicted molar refractivity (Wildman–Crippen MR) is 149 cm³/mol. The number of piperazine rings is 1. The fourth-order valence-corrected chi connectivity index (χ4v) is 5.68. The van der Waals surface area contributed by atoms with Crippen LogP contribution in [0.15, 0.2) is 52.4 Å². The number of halogens is 1. The summed E-state index contributed by atoms with van der Waals surface area (Å²) in [6.45, 7) is 6.50. The van der Waals surface area contributed by atoms with Crippen LogP contribution in [-0.2, 0) is 6.42 Å². The van der Waals surface area contributed by atoms with Gasteiger partial charge in [-0.15, -0.1) is 11.3 Å². The second-order valence-corrected chi connectivity index (χ2v) is 10.7. The van der Waals surface area contributed by atoms with Crippen molar-refractivity contribution in [1.29, 1.82) is 0 Å². The molecule has 7 nitrogen and oxygen atoms in total. The number of ether oxygens (including phenoxy) is 1. The summed E-state index contributed by atoms with van der Waals surface area (Å²) in [5.41, 5.74) is 4.72. The van der Waals surface area contributed by atoms with Gasteiger partial charge in [-0.05, 0) is 55.1 Å². The standard InChI is InChI=1S/C27H27ClN6OS/c1-17-12-18-5-6-21(26(28)20(18)13-17)35-27-31-24(15-25(32-27)34-9-7-33(2)8-10-34)30-23-14-19(16-29-23)22-4-3-11-36-22/h3-6,11,13-15H,7-10,12,16H2,1-2H3,(H,29,30,31,32). The molecule has 1 aromatic carbocycles. The zero-order valence-corrected chi connectivity index (χ0v) is 21.9. The molecule has 0 amide bonds. The normalized spacial score (nSPS) is 17.5. The number of allylic oxidation sites excluding steroid dienone is 1. The van der Waals surface area contributed by atoms with E-state index in [0.29, 0.717) is 23.1 Å². The predicted octanol–water partition coefficient (Wildman–Crippen LogP) is 5.60. The highest BCUT2D eigenvalue weighted by molar-refractivity contribution is 7.11. The van der Waals surface area contributed by atoms with E-state index in [-0.39, 0.29) is 6.01 Å². The van der Waals surface area contributed by atoms with E-state index in [1.807, 2.05) is 12.1 Å². The molecule has 1 saturated heterocycles. The van der Waals surface area contributed by atoms with E-state index in [9.17, 15) is 0 Å². The number of hydrogen-bond acceptors (Lipinski definition) is 8. The molecule has 1 fully saturated rings. The molecule has 184 valence electrons. The number of hydrogen-bond donors (Lipinski definition) is 1. The van der Waals surface area contributed by atoms with E-state index in [2.05, 4.69) is 74.8 Å². The van der Waals surface area contributed by atoms with Crippen molar-refractivity contribution in [2.45, 2.75) is 13.3 Å². The smallest absolute Gasteiger partial charge is 0.325 e. The Balaban J connectivity index is 1.30. The molecule has 0 unspecified atom stereocenters. The summed E-state index contributed by atoms with van der Waals surface area (Å²) in [7, 11) is 2.14. The number of anilines is 2. The van der Waals surface area contributed by atoms with Crippen LogP contribution >= 0.6 is 22.9 Å². The van der Waals surface area contributed by atoms with Crippen LogP contribution in [0.5, 0.6) is 11.8 Å². The summed E-state index contributed by atoms with van der Waals surface area (Å²) in [5, 5.41) is 6.05. The van der Waals surface area contributed by atoms with Crippen molar-refractivity contribution in [1.82, 2.24) is 14.9 Å². The second-order valence-electron chi connectivity index (χ2n) is 9.38. The largest absolute Gasteiger partial charge is 0.423 e. The van der Waals surface area contributed by atoms with Crippen LogP contribution in [0.3, 0.4) is 0 Å². The minimum atomic E-state index is 0.260. The van der Waals surface area contributed by atoms with Crippen molar-refractivity contribution in [2.24, 2.45) is 4.99 Å². The number of thiophene rings is 1. The average molecular weight is 519 g/mol. The van der Waals surface area contributed by atoms with Crippen LogP contribution in [0.25, 0.3) is 11.6 Å². The van der Waals surface area contributed by atoms with Crippen molar-refractivity contribution in [3.05, 3.63) is 68.4 Å². The first-order valence-electron chi connectivity index (χ1n) is 12.1. The molecule has 1 N–H and O–H groups in total. The maximum absolute atomic E-state index is 6.73. The molecule has 1 aliphatic carbocycles. The first-order valence-corrected chi connectivity index (χ1v) is 13.3. The maximum Gasteiger partial charge on any atom is 0.325 e. The Morgan fingerprint density at radius 2 is 1.94 bits per heavy atom. The van der Waals surface area contributed by atoms with Gasteiger partial charge in [0.15, 0.2) is 0 Å². The molecule has 2 aliphatic heterocycles. The third kappa shape index (κ3) is 4.76. The average Bonchev–Trinajstić information content (AvgIpc) is 3.62. The van der Waals surface area contributed by atoms with Crippen molar-refractivity contribution >= 4 is 52.1 Å². The van der Waals surface area contributed by atoms with Crippen LogP contribution in [0.4, 0.5) is 11.6 Å². The van der Waals surface area contributed by atoms with Crippen molar-refractivity contribution in [2.75, 3.05) is 50.0 Å². The van der Waals surface area contributed by atoms with Gasteiger partial charge in [0, 0.05) is 42.7 Å². The number of likely N-dealkylation sites (N-methyl/N-ethyl adjacent to an activating group) is 1. The number of rotatable bonds is 5. The highest BCUT2D eigenvalue weighted by Gasteiger charge is 2.21. The third-order valence-electron chi connectivity index (χ3n) is 6.64. The van der Waals surface area contributed by atoms with Gasteiger partial charge in [-0.2, -0.15) is 9.97 Å². The van der Waals surface area contributed by atoms with Crippen LogP contribution < -0.4 is 15.0 Å². The van der Waals surface area contributed by atoms with Crippen LogP contribution in [-0.4, -0.2) is 60.5 Å². The molecule has 0 saturated carbocycles. The van der Waals surface area contributed by atoms with E-state index in [1.165, 1.54) is 21.6 Å². The van der Waals surface area contributed by atoms with Crippen LogP contribution in [0.1, 0.15) is 22.9 Å². The number of nitrogens with one attached hydrogen (secondary N) is 1. The highest BCUT2D eigenvalue weighted by Crippen LogP contribution is 2.39. The Kier molecular flexibility index (Phi) is 6.25. The number of nitrogens with zero attached hydrogens (tertiary/aromatic N) is 5. The SMILES string of the molecule is CC1=Cc2c(ccc(Oc3nc(NC4=NCC(c5cccs5)=C4)cc(N4CCN(C)CC4)n3)c2Cl)C1. The van der Waals surface area contributed by atoms with Gasteiger partial charge in [-0.3, -0.25) is 4.99 Å². The molecule has 6 rings (SSSR count). The molecule has 0 spiro atoms. The van der Waals surface area contributed by atoms with Gasteiger partial charge in [0.25, 0.3) is 0 Å². The highest BCUT2D eigenvalue weighted by atomic mass is 35.5. The van der Waals surface area contributed by atoms with Crippen LogP contribution in [0.2, 0.25) is 5.02 Å². The Morgan fingerprint density at radius 3 is 2.75 bits per heavy atom. The number of aliphatic imine (C=N–C) groups is 1. The summed E-state index contributed by atoms with van der Waals surface area (Å²) in [5.74, 6) is 2.80. The van der Waals surface area contributed by atoms with Gasteiger partial charge in [0.2, 0.25) is 0 Å². The molecule has 3 aliphatic rings. The molecular formula is C27H27ClN6OS. The fraction of sp³-hybridized carbons (Fsp3) is 0.296. The Hall–Kier alpha value is -3.20. The minimum Gasteiger partial charge on any atom is -0.423 e. The molecule has 3 aromatic rings. The summed E-state index contributed by atoms with van der Waals surface area (Å²) < 4.78 is 6.19. The van der Waals surface area contributed by atoms with Gasteiger partial charge in [-0.25, -0.2) is 0 Å². The molecule has 9 heteroatoms. The van der Waals surface area contributed by atoms with Crippen molar-refractivity contribution < 1.29 is 4.74 Å². The van der Waals surface area contributed by atoms with Gasteiger partial charge in [-0.1, -0.05) is 35.4 Å². The second kappa shape index (κ2) is 9.69. The minimum absolute atomic E-state index is 0.260. The lowest BCUT2D eigenvalue weighted by atomic mass is 10.1. The van der Waals surface area contributed by atoms with Gasteiger partial charge in [0.05, 0.1) is 11.6 Å². The number of benzene rings is 1. The van der Waals surface area contributed by atoms with Gasteiger partial charge < -0.3 is 19.9 Å². The van der Waals surface area contributed by atoms with Gasteiger partial charge in [0.1, 0.15) is 23.2 Å². The maximum atomic E-state index is 6.73. The number of amidine groups is 1. The molecule has 0 atom stereocenters. The van der Waals surface area contributed by atoms with E-state index >= 15 is 0 Å². The number of fused-ring (bicyclic) bond motifs is 1. The van der Waals surface area contributed by atoms with Crippen molar-refractivity contribution in [3.63, 3.8) is 0 Å². The molecule has 0 bridgehead atoms. The van der Waals surface area contributed by atoms with Crippen LogP contribution in [0, 0.1) is 0 Å². The zero-order valence-electron chi connectivity index (χ0n) is 20.3. The van der Waals surface area contributed by atoms with Gasteiger partial charge >= 0.3 is 6.01 Å². The lowest BCUT2D eigenvalue weighted by Gasteiger charge is -2.33. The zero-order chi connectivity index (χ0) is 24.6. The van der Waals surface area contributed by atoms with E-state index in [1.54, 1.807) is 11.3 Å². The van der Waals surface area contributed by atoms with Crippen molar-refractivity contribution in [3.8, 4) is 11.8 Å². The molecule has 36 heavy (non-hydrogen) atoms. The van der Waals surface area contributed by atoms with E-state index in [4.69, 9.17) is 21.3 Å². The summed E-state index contributed by atoms with van der Waals surface area (Å²) in [4.78, 5) is 19.9. The first kappa shape index (κ1) is 23.2. The molecule has 2 aromatic heterocycles. The number of aromatic nitrogens is 2. The monoisotopic (exact) mass is 518 g/mol. The topological polar surface area (TPSA) is 65.9 Å². The van der Waals surface area contributed by atoms with E-state index < -0.39 is 0 Å². The quantitative estimate of drug-likeness (QED) is 0.474. The summed E-state index contributed by atoms with van der Waals surface area (Å²) in [6, 6.07) is 10.4. The fourth-order valence-electron chi connectivity index (χ4n) is 4.66. The first-order chi connectivity index (χ1) is 17.5. The summed E-state index contributed by atoms with van der Waals surface area (Å²) >= 11 is 8.45. The third-order valence-corrected chi connectivity index (χ3v) is 7.98. The molecular weight excluding hydrogens is 492 g/mol.